The van der Waals surface area contributed by atoms with Crippen LogP contribution in [0.1, 0.15) is 10.4 Å². The molecule has 0 saturated heterocycles. The van der Waals surface area contributed by atoms with Gasteiger partial charge in [-0.25, -0.2) is 17.7 Å². The highest BCUT2D eigenvalue weighted by molar-refractivity contribution is 7.89. The van der Waals surface area contributed by atoms with E-state index in [0.29, 0.717) is 20.4 Å². The highest BCUT2D eigenvalue weighted by Crippen LogP contribution is 2.30. The Morgan fingerprint density at radius 2 is 1.88 bits per heavy atom. The van der Waals surface area contributed by atoms with Crippen molar-refractivity contribution in [2.24, 2.45) is 0 Å². The number of halogens is 2. The number of anilines is 1. The summed E-state index contributed by atoms with van der Waals surface area (Å²) >= 11 is 13.1. The van der Waals surface area contributed by atoms with Crippen LogP contribution in [0.25, 0.3) is 10.2 Å². The van der Waals surface area contributed by atoms with Crippen LogP contribution in [0, 0.1) is 0 Å². The largest absolute Gasteiger partial charge is 0.298 e. The fourth-order valence-electron chi connectivity index (χ4n) is 2.17. The molecular formula is C16H13Cl2N3O3S2. The number of nitrogens with zero attached hydrogens (tertiary/aromatic N) is 2. The quantitative estimate of drug-likeness (QED) is 0.676. The molecule has 0 fully saturated rings. The number of fused-ring (bicyclic) bond motifs is 1. The molecule has 0 saturated carbocycles. The van der Waals surface area contributed by atoms with Crippen molar-refractivity contribution in [2.75, 3.05) is 19.4 Å². The molecule has 10 heteroatoms. The van der Waals surface area contributed by atoms with Gasteiger partial charge in [0.2, 0.25) is 10.0 Å². The summed E-state index contributed by atoms with van der Waals surface area (Å²) in [5, 5.41) is 3.66. The van der Waals surface area contributed by atoms with Crippen LogP contribution in [0.2, 0.25) is 10.0 Å². The first kappa shape index (κ1) is 19.1. The lowest BCUT2D eigenvalue weighted by Gasteiger charge is -2.10. The number of benzene rings is 2. The summed E-state index contributed by atoms with van der Waals surface area (Å²) < 4.78 is 26.2. The highest BCUT2D eigenvalue weighted by atomic mass is 35.5. The molecule has 1 N–H and O–H groups in total. The van der Waals surface area contributed by atoms with E-state index < -0.39 is 15.9 Å². The van der Waals surface area contributed by atoms with Crippen LogP contribution in [0.4, 0.5) is 5.13 Å². The van der Waals surface area contributed by atoms with Gasteiger partial charge >= 0.3 is 0 Å². The molecule has 0 unspecified atom stereocenters. The molecule has 6 nitrogen and oxygen atoms in total. The monoisotopic (exact) mass is 429 g/mol. The molecule has 26 heavy (non-hydrogen) atoms. The van der Waals surface area contributed by atoms with Crippen molar-refractivity contribution in [3.63, 3.8) is 0 Å². The summed E-state index contributed by atoms with van der Waals surface area (Å²) in [6, 6.07) is 9.21. The fourth-order valence-corrected chi connectivity index (χ4v) is 4.44. The summed E-state index contributed by atoms with van der Waals surface area (Å²) in [6.07, 6.45) is 0. The highest BCUT2D eigenvalue weighted by Gasteiger charge is 2.19. The van der Waals surface area contributed by atoms with Gasteiger partial charge in [-0.3, -0.25) is 10.1 Å². The predicted molar refractivity (Wildman–Crippen MR) is 105 cm³/mol. The zero-order valence-corrected chi connectivity index (χ0v) is 16.8. The molecule has 1 heterocycles. The maximum atomic E-state index is 12.4. The predicted octanol–water partition coefficient (Wildman–Crippen LogP) is 4.11. The van der Waals surface area contributed by atoms with Gasteiger partial charge in [0.25, 0.3) is 5.91 Å². The van der Waals surface area contributed by atoms with Crippen molar-refractivity contribution in [1.82, 2.24) is 9.29 Å². The van der Waals surface area contributed by atoms with Crippen LogP contribution in [-0.4, -0.2) is 37.7 Å². The van der Waals surface area contributed by atoms with Crippen molar-refractivity contribution in [1.29, 1.82) is 0 Å². The van der Waals surface area contributed by atoms with E-state index in [9.17, 15) is 13.2 Å². The number of amides is 1. The summed E-state index contributed by atoms with van der Waals surface area (Å²) in [5.41, 5.74) is 0.814. The van der Waals surface area contributed by atoms with Crippen molar-refractivity contribution in [3.05, 3.63) is 52.0 Å². The molecular weight excluding hydrogens is 417 g/mol. The van der Waals surface area contributed by atoms with E-state index in [1.807, 2.05) is 0 Å². The summed E-state index contributed by atoms with van der Waals surface area (Å²) in [7, 11) is -0.613. The lowest BCUT2D eigenvalue weighted by molar-refractivity contribution is 0.102. The average molecular weight is 430 g/mol. The number of carbonyl (C=O) groups excluding carboxylic acids is 1. The lowest BCUT2D eigenvalue weighted by atomic mass is 10.2. The van der Waals surface area contributed by atoms with Crippen molar-refractivity contribution in [2.45, 2.75) is 4.90 Å². The van der Waals surface area contributed by atoms with Crippen LogP contribution >= 0.6 is 34.5 Å². The Bertz CT molecular complexity index is 1110. The minimum absolute atomic E-state index is 0.161. The second kappa shape index (κ2) is 7.13. The number of carbonyl (C=O) groups is 1. The van der Waals surface area contributed by atoms with Gasteiger partial charge in [0.15, 0.2) is 5.13 Å². The van der Waals surface area contributed by atoms with Crippen molar-refractivity contribution in [3.8, 4) is 0 Å². The Morgan fingerprint density at radius 1 is 1.15 bits per heavy atom. The maximum Gasteiger partial charge on any atom is 0.259 e. The second-order valence-corrected chi connectivity index (χ2v) is 9.54. The smallest absolute Gasteiger partial charge is 0.259 e. The lowest BCUT2D eigenvalue weighted by Crippen LogP contribution is -2.22. The molecule has 0 spiro atoms. The number of hydrogen-bond acceptors (Lipinski definition) is 5. The molecule has 2 aromatic carbocycles. The third-order valence-corrected chi connectivity index (χ3v) is 6.84. The normalized spacial score (nSPS) is 11.9. The van der Waals surface area contributed by atoms with Crippen LogP contribution in [0.5, 0.6) is 0 Å². The first-order valence-electron chi connectivity index (χ1n) is 7.28. The van der Waals surface area contributed by atoms with Gasteiger partial charge in [0.05, 0.1) is 25.7 Å². The second-order valence-electron chi connectivity index (χ2n) is 5.51. The Kier molecular flexibility index (Phi) is 5.23. The molecule has 0 aliphatic rings. The van der Waals surface area contributed by atoms with Crippen LogP contribution in [-0.2, 0) is 10.0 Å². The Morgan fingerprint density at radius 3 is 2.58 bits per heavy atom. The summed E-state index contributed by atoms with van der Waals surface area (Å²) in [6.45, 7) is 0. The van der Waals surface area contributed by atoms with Gasteiger partial charge in [0, 0.05) is 19.1 Å². The molecule has 1 aromatic heterocycles. The third-order valence-electron chi connectivity index (χ3n) is 3.53. The van der Waals surface area contributed by atoms with Gasteiger partial charge in [-0.05, 0) is 36.4 Å². The Hall–Kier alpha value is -1.71. The first-order chi connectivity index (χ1) is 12.2. The zero-order chi connectivity index (χ0) is 19.1. The summed E-state index contributed by atoms with van der Waals surface area (Å²) in [5.74, 6) is -0.447. The van der Waals surface area contributed by atoms with E-state index in [4.69, 9.17) is 23.2 Å². The fraction of sp³-hybridized carbons (Fsp3) is 0.125. The minimum atomic E-state index is -3.54. The van der Waals surface area contributed by atoms with Gasteiger partial charge in [0.1, 0.15) is 0 Å². The standard InChI is InChI=1S/C16H13Cl2N3O3S2/c1-21(2)26(23,24)10-4-6-13-14(8-10)25-16(19-13)20-15(22)11-7-9(17)3-5-12(11)18/h3-8H,1-2H3,(H,19,20,22). The Balaban J connectivity index is 1.92. The Labute approximate surface area is 164 Å². The zero-order valence-electron chi connectivity index (χ0n) is 13.7. The van der Waals surface area contributed by atoms with Gasteiger partial charge in [-0.1, -0.05) is 34.5 Å². The molecule has 1 amide bonds. The van der Waals surface area contributed by atoms with E-state index >= 15 is 0 Å². The molecule has 0 radical (unpaired) electrons. The minimum Gasteiger partial charge on any atom is -0.298 e. The summed E-state index contributed by atoms with van der Waals surface area (Å²) in [4.78, 5) is 16.9. The van der Waals surface area contributed by atoms with Crippen LogP contribution < -0.4 is 5.32 Å². The van der Waals surface area contributed by atoms with E-state index in [2.05, 4.69) is 10.3 Å². The molecule has 0 aliphatic heterocycles. The van der Waals surface area contributed by atoms with E-state index in [1.54, 1.807) is 12.1 Å². The van der Waals surface area contributed by atoms with Crippen molar-refractivity contribution < 1.29 is 13.2 Å². The number of aromatic nitrogens is 1. The van der Waals surface area contributed by atoms with E-state index in [1.165, 1.54) is 49.7 Å². The van der Waals surface area contributed by atoms with Gasteiger partial charge in [-0.15, -0.1) is 0 Å². The maximum absolute atomic E-state index is 12.4. The molecule has 136 valence electrons. The SMILES string of the molecule is CN(C)S(=O)(=O)c1ccc2nc(NC(=O)c3cc(Cl)ccc3Cl)sc2c1. The van der Waals surface area contributed by atoms with E-state index in [0.717, 1.165) is 4.31 Å². The number of nitrogens with one attached hydrogen (secondary N) is 1. The van der Waals surface area contributed by atoms with E-state index in [-0.39, 0.29) is 15.5 Å². The van der Waals surface area contributed by atoms with Crippen LogP contribution in [0.3, 0.4) is 0 Å². The van der Waals surface area contributed by atoms with Crippen LogP contribution in [0.15, 0.2) is 41.3 Å². The first-order valence-corrected chi connectivity index (χ1v) is 10.3. The number of hydrogen-bond donors (Lipinski definition) is 1. The molecule has 0 bridgehead atoms. The van der Waals surface area contributed by atoms with Gasteiger partial charge < -0.3 is 0 Å². The third kappa shape index (κ3) is 3.70. The average Bonchev–Trinajstić information content (AvgIpc) is 2.97. The van der Waals surface area contributed by atoms with Gasteiger partial charge in [-0.2, -0.15) is 0 Å². The number of thiazole rings is 1. The molecule has 0 atom stereocenters. The number of rotatable bonds is 4. The molecule has 3 rings (SSSR count). The molecule has 3 aromatic rings. The molecule has 0 aliphatic carbocycles. The van der Waals surface area contributed by atoms with Crippen molar-refractivity contribution >= 4 is 65.8 Å². The topological polar surface area (TPSA) is 79.4 Å². The number of sulfonamides is 1.